The first kappa shape index (κ1) is 9.55. The number of nitrogens with one attached hydrogen (secondary N) is 1. The molecule has 0 bridgehead atoms. The predicted molar refractivity (Wildman–Crippen MR) is 54.2 cm³/mol. The monoisotopic (exact) mass is 182 g/mol. The van der Waals surface area contributed by atoms with E-state index in [0.29, 0.717) is 0 Å². The third kappa shape index (κ3) is 3.74. The number of thiol groups is 1. The zero-order valence-corrected chi connectivity index (χ0v) is 7.93. The van der Waals surface area contributed by atoms with Gasteiger partial charge in [0.25, 0.3) is 0 Å². The topological polar surface area (TPSA) is 24.9 Å². The summed E-state index contributed by atoms with van der Waals surface area (Å²) in [5.41, 5.74) is 1.36. The second-order valence-corrected chi connectivity index (χ2v) is 3.04. The Kier molecular flexibility index (Phi) is 4.80. The molecule has 1 rings (SSSR count). The van der Waals surface area contributed by atoms with Gasteiger partial charge in [-0.1, -0.05) is 12.8 Å². The van der Waals surface area contributed by atoms with Gasteiger partial charge in [0.1, 0.15) is 0 Å². The molecule has 0 aliphatic rings. The molecule has 0 aliphatic carbocycles. The highest BCUT2D eigenvalue weighted by Crippen LogP contribution is 2.02. The van der Waals surface area contributed by atoms with Crippen LogP contribution in [0, 0.1) is 0 Å². The van der Waals surface area contributed by atoms with E-state index in [2.05, 4.69) is 34.7 Å². The number of aromatic nitrogens is 1. The maximum absolute atomic E-state index is 3.97. The predicted octanol–water partition coefficient (Wildman–Crippen LogP) is 1.84. The van der Waals surface area contributed by atoms with Crippen molar-refractivity contribution in [1.82, 2.24) is 9.71 Å². The van der Waals surface area contributed by atoms with E-state index in [-0.39, 0.29) is 0 Å². The Balaban J connectivity index is 2.16. The van der Waals surface area contributed by atoms with Crippen molar-refractivity contribution in [2.24, 2.45) is 0 Å². The number of nitrogens with zero attached hydrogens (tertiary/aromatic N) is 1. The van der Waals surface area contributed by atoms with Crippen LogP contribution in [0.3, 0.4) is 0 Å². The molecule has 0 spiro atoms. The molecule has 0 radical (unpaired) electrons. The Morgan fingerprint density at radius 1 is 1.25 bits per heavy atom. The molecule has 0 fully saturated rings. The molecule has 0 saturated heterocycles. The highest BCUT2D eigenvalue weighted by Gasteiger charge is 1.90. The molecule has 1 heterocycles. The molecule has 0 saturated carbocycles. The summed E-state index contributed by atoms with van der Waals surface area (Å²) in [5, 5.41) is 0. The summed E-state index contributed by atoms with van der Waals surface area (Å²) >= 11 is 3.92. The lowest BCUT2D eigenvalue weighted by atomic mass is 10.1. The molecule has 66 valence electrons. The maximum atomic E-state index is 3.97. The SMILES string of the molecule is SNCCCCc1ccncc1. The lowest BCUT2D eigenvalue weighted by Crippen LogP contribution is -2.01. The molecule has 0 aromatic carbocycles. The Labute approximate surface area is 79.0 Å². The van der Waals surface area contributed by atoms with Gasteiger partial charge < -0.3 is 0 Å². The van der Waals surface area contributed by atoms with Crippen molar-refractivity contribution in [1.29, 1.82) is 0 Å². The molecule has 3 heteroatoms. The Hall–Kier alpha value is -0.540. The van der Waals surface area contributed by atoms with Crippen LogP contribution in [0.1, 0.15) is 18.4 Å². The normalized spacial score (nSPS) is 10.1. The smallest absolute Gasteiger partial charge is 0.0270 e. The number of aryl methyl sites for hydroxylation is 1. The summed E-state index contributed by atoms with van der Waals surface area (Å²) in [4.78, 5) is 3.97. The average Bonchev–Trinajstić information content (AvgIpc) is 2.14. The van der Waals surface area contributed by atoms with Crippen LogP contribution in [-0.4, -0.2) is 11.5 Å². The van der Waals surface area contributed by atoms with Crippen LogP contribution in [-0.2, 0) is 6.42 Å². The van der Waals surface area contributed by atoms with Gasteiger partial charge in [0.15, 0.2) is 0 Å². The van der Waals surface area contributed by atoms with Crippen molar-refractivity contribution >= 4 is 12.8 Å². The van der Waals surface area contributed by atoms with E-state index in [1.54, 1.807) is 0 Å². The summed E-state index contributed by atoms with van der Waals surface area (Å²) in [6, 6.07) is 4.13. The average molecular weight is 182 g/mol. The number of hydrogen-bond acceptors (Lipinski definition) is 3. The molecule has 0 unspecified atom stereocenters. The van der Waals surface area contributed by atoms with Gasteiger partial charge >= 0.3 is 0 Å². The molecule has 2 nitrogen and oxygen atoms in total. The van der Waals surface area contributed by atoms with E-state index < -0.39 is 0 Å². The summed E-state index contributed by atoms with van der Waals surface area (Å²) < 4.78 is 2.84. The van der Waals surface area contributed by atoms with Gasteiger partial charge in [-0.15, -0.1) is 0 Å². The fourth-order valence-electron chi connectivity index (χ4n) is 1.08. The molecular formula is C9H14N2S. The molecule has 1 aromatic rings. The molecule has 1 N–H and O–H groups in total. The largest absolute Gasteiger partial charge is 0.267 e. The van der Waals surface area contributed by atoms with Gasteiger partial charge in [-0.2, -0.15) is 0 Å². The molecule has 12 heavy (non-hydrogen) atoms. The van der Waals surface area contributed by atoms with E-state index >= 15 is 0 Å². The zero-order valence-electron chi connectivity index (χ0n) is 7.03. The number of hydrogen-bond donors (Lipinski definition) is 2. The van der Waals surface area contributed by atoms with E-state index in [1.165, 1.54) is 18.4 Å². The molecule has 0 amide bonds. The van der Waals surface area contributed by atoms with Gasteiger partial charge in [-0.05, 0) is 37.0 Å². The van der Waals surface area contributed by atoms with Crippen LogP contribution in [0.25, 0.3) is 0 Å². The van der Waals surface area contributed by atoms with E-state index in [4.69, 9.17) is 0 Å². The molecule has 0 aliphatic heterocycles. The third-order valence-corrected chi connectivity index (χ3v) is 1.98. The van der Waals surface area contributed by atoms with Crippen LogP contribution in [0.5, 0.6) is 0 Å². The second-order valence-electron chi connectivity index (χ2n) is 2.72. The van der Waals surface area contributed by atoms with Gasteiger partial charge in [0.2, 0.25) is 0 Å². The van der Waals surface area contributed by atoms with Gasteiger partial charge in [0.05, 0.1) is 0 Å². The van der Waals surface area contributed by atoms with Crippen molar-refractivity contribution in [3.63, 3.8) is 0 Å². The quantitative estimate of drug-likeness (QED) is 0.536. The highest BCUT2D eigenvalue weighted by atomic mass is 32.1. The fraction of sp³-hybridized carbons (Fsp3) is 0.444. The van der Waals surface area contributed by atoms with E-state index in [9.17, 15) is 0 Å². The van der Waals surface area contributed by atoms with Crippen molar-refractivity contribution in [3.05, 3.63) is 30.1 Å². The lowest BCUT2D eigenvalue weighted by Gasteiger charge is -1.99. The third-order valence-electron chi connectivity index (χ3n) is 1.75. The van der Waals surface area contributed by atoms with Crippen molar-refractivity contribution in [2.75, 3.05) is 6.54 Å². The Bertz CT molecular complexity index is 201. The van der Waals surface area contributed by atoms with Gasteiger partial charge in [-0.25, -0.2) is 0 Å². The number of pyridine rings is 1. The molecular weight excluding hydrogens is 168 g/mol. The summed E-state index contributed by atoms with van der Waals surface area (Å²) in [6.07, 6.45) is 7.19. The maximum Gasteiger partial charge on any atom is 0.0270 e. The van der Waals surface area contributed by atoms with E-state index in [1.807, 2.05) is 12.4 Å². The summed E-state index contributed by atoms with van der Waals surface area (Å²) in [5.74, 6) is 0. The first-order valence-electron chi connectivity index (χ1n) is 4.19. The van der Waals surface area contributed by atoms with Gasteiger partial charge in [-0.3, -0.25) is 9.71 Å². The Morgan fingerprint density at radius 3 is 2.67 bits per heavy atom. The fourth-order valence-corrected chi connectivity index (χ4v) is 1.24. The van der Waals surface area contributed by atoms with Crippen molar-refractivity contribution < 1.29 is 0 Å². The van der Waals surface area contributed by atoms with Crippen LogP contribution in [0.15, 0.2) is 24.5 Å². The van der Waals surface area contributed by atoms with Crippen LogP contribution >= 0.6 is 12.8 Å². The van der Waals surface area contributed by atoms with Crippen LogP contribution < -0.4 is 4.72 Å². The van der Waals surface area contributed by atoms with Crippen molar-refractivity contribution in [2.45, 2.75) is 19.3 Å². The van der Waals surface area contributed by atoms with Crippen LogP contribution in [0.2, 0.25) is 0 Å². The lowest BCUT2D eigenvalue weighted by molar-refractivity contribution is 0.725. The first-order valence-corrected chi connectivity index (χ1v) is 4.64. The highest BCUT2D eigenvalue weighted by molar-refractivity contribution is 7.78. The molecule has 1 aromatic heterocycles. The second kappa shape index (κ2) is 6.03. The number of rotatable bonds is 5. The standard InChI is InChI=1S/C9H14N2S/c12-11-6-2-1-3-9-4-7-10-8-5-9/h4-5,7-8,11-12H,1-3,6H2. The van der Waals surface area contributed by atoms with Gasteiger partial charge in [0, 0.05) is 18.9 Å². The molecule has 0 atom stereocenters. The Morgan fingerprint density at radius 2 is 2.00 bits per heavy atom. The zero-order chi connectivity index (χ0) is 8.65. The number of unbranched alkanes of at least 4 members (excludes halogenated alkanes) is 1. The minimum Gasteiger partial charge on any atom is -0.267 e. The minimum atomic E-state index is 0.980. The van der Waals surface area contributed by atoms with E-state index in [0.717, 1.165) is 13.0 Å². The minimum absolute atomic E-state index is 0.980. The summed E-state index contributed by atoms with van der Waals surface area (Å²) in [6.45, 7) is 0.980. The van der Waals surface area contributed by atoms with Crippen molar-refractivity contribution in [3.8, 4) is 0 Å². The first-order chi connectivity index (χ1) is 5.93. The van der Waals surface area contributed by atoms with Crippen LogP contribution in [0.4, 0.5) is 0 Å². The summed E-state index contributed by atoms with van der Waals surface area (Å²) in [7, 11) is 0.